The average molecular weight is 464 g/mol. The number of nitrogens with one attached hydrogen (secondary N) is 3. The van der Waals surface area contributed by atoms with Crippen molar-refractivity contribution < 1.29 is 14.0 Å². The molecule has 0 saturated heterocycles. The molecule has 32 heavy (non-hydrogen) atoms. The smallest absolute Gasteiger partial charge is 0.293 e. The molecule has 1 heterocycles. The number of furan rings is 1. The number of aryl methyl sites for hydroxylation is 1. The van der Waals surface area contributed by atoms with Crippen molar-refractivity contribution in [1.82, 2.24) is 5.32 Å². The summed E-state index contributed by atoms with van der Waals surface area (Å²) in [6.07, 6.45) is 0. The van der Waals surface area contributed by atoms with Crippen LogP contribution in [0, 0.1) is 6.92 Å². The summed E-state index contributed by atoms with van der Waals surface area (Å²) in [5, 5.41) is 9.83. The Balaban J connectivity index is 1.41. The van der Waals surface area contributed by atoms with Crippen molar-refractivity contribution in [3.05, 3.63) is 94.7 Å². The Bertz CT molecular complexity index is 1350. The third kappa shape index (κ3) is 4.80. The van der Waals surface area contributed by atoms with E-state index in [-0.39, 0.29) is 16.8 Å². The van der Waals surface area contributed by atoms with Gasteiger partial charge in [-0.25, -0.2) is 0 Å². The number of amides is 2. The van der Waals surface area contributed by atoms with Crippen LogP contribution in [-0.2, 0) is 0 Å². The highest BCUT2D eigenvalue weighted by Gasteiger charge is 2.18. The molecule has 3 N–H and O–H groups in total. The van der Waals surface area contributed by atoms with Gasteiger partial charge in [0.25, 0.3) is 11.8 Å². The van der Waals surface area contributed by atoms with Crippen LogP contribution < -0.4 is 16.0 Å². The van der Waals surface area contributed by atoms with Crippen LogP contribution in [0.3, 0.4) is 0 Å². The molecule has 0 bridgehead atoms. The van der Waals surface area contributed by atoms with E-state index in [9.17, 15) is 9.59 Å². The Morgan fingerprint density at radius 3 is 2.34 bits per heavy atom. The van der Waals surface area contributed by atoms with E-state index >= 15 is 0 Å². The lowest BCUT2D eigenvalue weighted by molar-refractivity contribution is 0.0951. The van der Waals surface area contributed by atoms with Crippen LogP contribution in [0.5, 0.6) is 0 Å². The van der Waals surface area contributed by atoms with Gasteiger partial charge >= 0.3 is 0 Å². The summed E-state index contributed by atoms with van der Waals surface area (Å²) in [7, 11) is 0. The molecule has 160 valence electrons. The van der Waals surface area contributed by atoms with Crippen LogP contribution in [0.1, 0.15) is 26.5 Å². The van der Waals surface area contributed by atoms with E-state index in [0.29, 0.717) is 27.5 Å². The van der Waals surface area contributed by atoms with Gasteiger partial charge in [-0.2, -0.15) is 0 Å². The second kappa shape index (κ2) is 9.21. The zero-order valence-corrected chi connectivity index (χ0v) is 18.5. The van der Waals surface area contributed by atoms with Crippen molar-refractivity contribution in [3.63, 3.8) is 0 Å². The molecular weight excluding hydrogens is 446 g/mol. The number of halogens is 1. The van der Waals surface area contributed by atoms with Gasteiger partial charge in [0.1, 0.15) is 5.58 Å². The first-order chi connectivity index (χ1) is 15.4. The van der Waals surface area contributed by atoms with E-state index in [2.05, 4.69) is 16.0 Å². The second-order valence-corrected chi connectivity index (χ2v) is 7.85. The van der Waals surface area contributed by atoms with Crippen molar-refractivity contribution in [2.75, 3.05) is 10.6 Å². The minimum atomic E-state index is -0.443. The van der Waals surface area contributed by atoms with Crippen molar-refractivity contribution in [2.24, 2.45) is 0 Å². The summed E-state index contributed by atoms with van der Waals surface area (Å²) in [4.78, 5) is 25.1. The van der Waals surface area contributed by atoms with Crippen molar-refractivity contribution in [2.45, 2.75) is 6.92 Å². The summed E-state index contributed by atoms with van der Waals surface area (Å²) in [5.41, 5.74) is 2.98. The lowest BCUT2D eigenvalue weighted by atomic mass is 10.1. The lowest BCUT2D eigenvalue weighted by Gasteiger charge is -2.11. The van der Waals surface area contributed by atoms with E-state index in [0.717, 1.165) is 10.9 Å². The second-order valence-electron chi connectivity index (χ2n) is 7.01. The largest absolute Gasteiger partial charge is 0.451 e. The van der Waals surface area contributed by atoms with Crippen LogP contribution in [0.15, 0.2) is 77.2 Å². The van der Waals surface area contributed by atoms with Gasteiger partial charge in [-0.3, -0.25) is 14.9 Å². The summed E-state index contributed by atoms with van der Waals surface area (Å²) < 4.78 is 5.67. The maximum absolute atomic E-state index is 12.6. The van der Waals surface area contributed by atoms with Gasteiger partial charge in [0.05, 0.1) is 0 Å². The number of fused-ring (bicyclic) bond motifs is 1. The van der Waals surface area contributed by atoms with Gasteiger partial charge in [0.15, 0.2) is 10.9 Å². The number of carbonyl (C=O) groups excluding carboxylic acids is 2. The van der Waals surface area contributed by atoms with E-state index in [1.165, 1.54) is 0 Å². The van der Waals surface area contributed by atoms with Gasteiger partial charge < -0.3 is 15.1 Å². The monoisotopic (exact) mass is 463 g/mol. The minimum absolute atomic E-state index is 0.105. The fraction of sp³-hybridized carbons (Fsp3) is 0.0417. The molecule has 0 aliphatic heterocycles. The summed E-state index contributed by atoms with van der Waals surface area (Å²) in [6, 6.07) is 21.1. The molecule has 0 aliphatic rings. The molecule has 4 rings (SSSR count). The third-order valence-corrected chi connectivity index (χ3v) is 5.18. The van der Waals surface area contributed by atoms with Gasteiger partial charge in [-0.05, 0) is 61.6 Å². The maximum atomic E-state index is 12.6. The molecular formula is C24H18ClN3O3S. The zero-order valence-electron chi connectivity index (χ0n) is 16.9. The molecule has 3 aromatic carbocycles. The molecule has 0 fully saturated rings. The number of carbonyl (C=O) groups is 2. The molecule has 0 saturated carbocycles. The number of benzene rings is 3. The highest BCUT2D eigenvalue weighted by molar-refractivity contribution is 7.80. The molecule has 8 heteroatoms. The Labute approximate surface area is 194 Å². The first-order valence-corrected chi connectivity index (χ1v) is 10.5. The highest BCUT2D eigenvalue weighted by atomic mass is 35.5. The predicted molar refractivity (Wildman–Crippen MR) is 130 cm³/mol. The van der Waals surface area contributed by atoms with Gasteiger partial charge in [-0.1, -0.05) is 41.9 Å². The SMILES string of the molecule is Cc1c(C(=O)NC(=S)Nc2cccc(NC(=O)c3cccc(Cl)c3)c2)oc2ccccc12. The zero-order chi connectivity index (χ0) is 22.7. The topological polar surface area (TPSA) is 83.4 Å². The molecule has 6 nitrogen and oxygen atoms in total. The first-order valence-electron chi connectivity index (χ1n) is 9.68. The van der Waals surface area contributed by atoms with Gasteiger partial charge in [-0.15, -0.1) is 0 Å². The molecule has 0 spiro atoms. The summed E-state index contributed by atoms with van der Waals surface area (Å²) in [5.74, 6) is -0.527. The molecule has 0 aliphatic carbocycles. The number of hydrogen-bond donors (Lipinski definition) is 3. The number of thiocarbonyl (C=S) groups is 1. The van der Waals surface area contributed by atoms with E-state index < -0.39 is 5.91 Å². The van der Waals surface area contributed by atoms with Crippen molar-refractivity contribution in [1.29, 1.82) is 0 Å². The Kier molecular flexibility index (Phi) is 6.20. The fourth-order valence-electron chi connectivity index (χ4n) is 3.22. The Hall–Kier alpha value is -3.68. The van der Waals surface area contributed by atoms with Crippen LogP contribution in [0.2, 0.25) is 5.02 Å². The van der Waals surface area contributed by atoms with Gasteiger partial charge in [0, 0.05) is 32.9 Å². The quantitative estimate of drug-likeness (QED) is 0.334. The molecule has 0 atom stereocenters. The molecule has 0 radical (unpaired) electrons. The van der Waals surface area contributed by atoms with Crippen LogP contribution in [0.4, 0.5) is 11.4 Å². The number of hydrogen-bond acceptors (Lipinski definition) is 4. The van der Waals surface area contributed by atoms with Crippen LogP contribution in [0.25, 0.3) is 11.0 Å². The van der Waals surface area contributed by atoms with E-state index in [4.69, 9.17) is 28.2 Å². The van der Waals surface area contributed by atoms with Crippen LogP contribution >= 0.6 is 23.8 Å². The molecule has 1 aromatic heterocycles. The normalized spacial score (nSPS) is 10.6. The summed E-state index contributed by atoms with van der Waals surface area (Å²) >= 11 is 11.2. The molecule has 4 aromatic rings. The van der Waals surface area contributed by atoms with E-state index in [1.807, 2.05) is 25.1 Å². The predicted octanol–water partition coefficient (Wildman–Crippen LogP) is 5.77. The molecule has 0 unspecified atom stereocenters. The summed E-state index contributed by atoms with van der Waals surface area (Å²) in [6.45, 7) is 1.82. The third-order valence-electron chi connectivity index (χ3n) is 4.74. The number of para-hydroxylation sites is 1. The van der Waals surface area contributed by atoms with E-state index in [1.54, 1.807) is 54.6 Å². The highest BCUT2D eigenvalue weighted by Crippen LogP contribution is 2.25. The lowest BCUT2D eigenvalue weighted by Crippen LogP contribution is -2.34. The molecule has 2 amide bonds. The number of rotatable bonds is 4. The van der Waals surface area contributed by atoms with Gasteiger partial charge in [0.2, 0.25) is 0 Å². The minimum Gasteiger partial charge on any atom is -0.451 e. The Morgan fingerprint density at radius 1 is 0.875 bits per heavy atom. The fourth-order valence-corrected chi connectivity index (χ4v) is 3.62. The average Bonchev–Trinajstić information content (AvgIpc) is 3.11. The number of anilines is 2. The first kappa shape index (κ1) is 21.5. The van der Waals surface area contributed by atoms with Crippen molar-refractivity contribution in [3.8, 4) is 0 Å². The van der Waals surface area contributed by atoms with Crippen LogP contribution in [-0.4, -0.2) is 16.9 Å². The maximum Gasteiger partial charge on any atom is 0.293 e. The standard InChI is InChI=1S/C24H18ClN3O3S/c1-14-19-10-2-3-11-20(19)31-21(14)23(30)28-24(32)27-18-9-5-8-17(13-18)26-22(29)15-6-4-7-16(25)12-15/h2-13H,1H3,(H,26,29)(H2,27,28,30,32). The van der Waals surface area contributed by atoms with Crippen molar-refractivity contribution >= 4 is 63.1 Å². The Morgan fingerprint density at radius 2 is 1.59 bits per heavy atom.